The van der Waals surface area contributed by atoms with Crippen LogP contribution in [0.25, 0.3) is 0 Å². The van der Waals surface area contributed by atoms with E-state index in [1.54, 1.807) is 12.1 Å². The molecular formula is C16H14N2O2. The van der Waals surface area contributed by atoms with Crippen molar-refractivity contribution in [1.82, 2.24) is 5.32 Å². The first-order chi connectivity index (χ1) is 9.65. The van der Waals surface area contributed by atoms with Crippen LogP contribution in [0, 0.1) is 0 Å². The molecule has 1 unspecified atom stereocenters. The predicted octanol–water partition coefficient (Wildman–Crippen LogP) is 2.74. The third-order valence-corrected chi connectivity index (χ3v) is 3.42. The van der Waals surface area contributed by atoms with Crippen molar-refractivity contribution >= 4 is 17.5 Å². The van der Waals surface area contributed by atoms with Gasteiger partial charge < -0.3 is 5.32 Å². The van der Waals surface area contributed by atoms with Crippen LogP contribution in [-0.2, 0) is 0 Å². The number of rotatable bonds is 3. The van der Waals surface area contributed by atoms with Crippen molar-refractivity contribution < 1.29 is 9.59 Å². The molecule has 0 radical (unpaired) electrons. The molecule has 0 bridgehead atoms. The van der Waals surface area contributed by atoms with Crippen molar-refractivity contribution in [2.24, 2.45) is 0 Å². The van der Waals surface area contributed by atoms with Crippen LogP contribution >= 0.6 is 0 Å². The minimum Gasteiger partial charge on any atom is -0.379 e. The van der Waals surface area contributed by atoms with Crippen LogP contribution in [0.15, 0.2) is 48.5 Å². The van der Waals surface area contributed by atoms with E-state index in [-0.39, 0.29) is 17.9 Å². The molecule has 0 aromatic heterocycles. The Kier molecular flexibility index (Phi) is 2.99. The van der Waals surface area contributed by atoms with Crippen LogP contribution in [0.1, 0.15) is 39.2 Å². The van der Waals surface area contributed by atoms with Crippen LogP contribution in [0.2, 0.25) is 0 Å². The maximum Gasteiger partial charge on any atom is 0.259 e. The Morgan fingerprint density at radius 2 is 1.65 bits per heavy atom. The van der Waals surface area contributed by atoms with E-state index in [0.29, 0.717) is 11.1 Å². The van der Waals surface area contributed by atoms with Gasteiger partial charge in [0.15, 0.2) is 0 Å². The standard InChI is InChI=1S/C16H14N2O2/c1-10(11-5-3-2-4-6-11)17-12-7-8-13-14(9-12)16(20)18-15(13)19/h2-10,17H,1H3,(H,18,19,20). The smallest absolute Gasteiger partial charge is 0.259 e. The molecule has 0 fully saturated rings. The van der Waals surface area contributed by atoms with Crippen LogP contribution in [0.4, 0.5) is 5.69 Å². The molecule has 1 aliphatic rings. The van der Waals surface area contributed by atoms with Gasteiger partial charge in [-0.1, -0.05) is 30.3 Å². The Hall–Kier alpha value is -2.62. The fraction of sp³-hybridized carbons (Fsp3) is 0.125. The van der Waals surface area contributed by atoms with Gasteiger partial charge in [0, 0.05) is 11.7 Å². The number of nitrogens with one attached hydrogen (secondary N) is 2. The summed E-state index contributed by atoms with van der Waals surface area (Å²) in [6.07, 6.45) is 0. The average Bonchev–Trinajstić information content (AvgIpc) is 2.75. The van der Waals surface area contributed by atoms with Crippen molar-refractivity contribution in [3.63, 3.8) is 0 Å². The number of benzene rings is 2. The number of anilines is 1. The van der Waals surface area contributed by atoms with Crippen LogP contribution < -0.4 is 10.6 Å². The second kappa shape index (κ2) is 4.81. The number of hydrogen-bond acceptors (Lipinski definition) is 3. The molecule has 0 saturated carbocycles. The second-order valence-electron chi connectivity index (χ2n) is 4.82. The van der Waals surface area contributed by atoms with Crippen molar-refractivity contribution in [1.29, 1.82) is 0 Å². The van der Waals surface area contributed by atoms with Crippen molar-refractivity contribution in [3.05, 3.63) is 65.2 Å². The molecule has 1 atom stereocenters. The Morgan fingerprint density at radius 3 is 2.40 bits per heavy atom. The molecule has 2 aromatic rings. The molecule has 1 heterocycles. The van der Waals surface area contributed by atoms with E-state index in [0.717, 1.165) is 11.3 Å². The van der Waals surface area contributed by atoms with Crippen molar-refractivity contribution in [2.75, 3.05) is 5.32 Å². The predicted molar refractivity (Wildman–Crippen MR) is 76.7 cm³/mol. The summed E-state index contributed by atoms with van der Waals surface area (Å²) in [7, 11) is 0. The van der Waals surface area contributed by atoms with Crippen LogP contribution in [0.5, 0.6) is 0 Å². The largest absolute Gasteiger partial charge is 0.379 e. The van der Waals surface area contributed by atoms with Gasteiger partial charge in [0.2, 0.25) is 0 Å². The normalized spacial score (nSPS) is 14.7. The number of imide groups is 1. The lowest BCUT2D eigenvalue weighted by Gasteiger charge is -2.16. The summed E-state index contributed by atoms with van der Waals surface area (Å²) in [4.78, 5) is 23.1. The summed E-state index contributed by atoms with van der Waals surface area (Å²) in [5.41, 5.74) is 2.85. The summed E-state index contributed by atoms with van der Waals surface area (Å²) in [6, 6.07) is 15.4. The van der Waals surface area contributed by atoms with Crippen LogP contribution in [-0.4, -0.2) is 11.8 Å². The number of carbonyl (C=O) groups excluding carboxylic acids is 2. The fourth-order valence-corrected chi connectivity index (χ4v) is 2.33. The van der Waals surface area contributed by atoms with E-state index in [4.69, 9.17) is 0 Å². The summed E-state index contributed by atoms with van der Waals surface area (Å²) in [6.45, 7) is 2.05. The summed E-state index contributed by atoms with van der Waals surface area (Å²) < 4.78 is 0. The van der Waals surface area contributed by atoms with Gasteiger partial charge in [-0.15, -0.1) is 0 Å². The van der Waals surface area contributed by atoms with Gasteiger partial charge in [0.25, 0.3) is 11.8 Å². The van der Waals surface area contributed by atoms with Gasteiger partial charge in [0.05, 0.1) is 11.1 Å². The molecule has 100 valence electrons. The monoisotopic (exact) mass is 266 g/mol. The van der Waals surface area contributed by atoms with E-state index in [1.807, 2.05) is 43.3 Å². The van der Waals surface area contributed by atoms with E-state index < -0.39 is 0 Å². The molecule has 1 aliphatic heterocycles. The van der Waals surface area contributed by atoms with Crippen LogP contribution in [0.3, 0.4) is 0 Å². The molecule has 4 nitrogen and oxygen atoms in total. The maximum absolute atomic E-state index is 11.6. The first-order valence-corrected chi connectivity index (χ1v) is 6.46. The molecule has 4 heteroatoms. The first-order valence-electron chi connectivity index (χ1n) is 6.46. The Bertz CT molecular complexity index is 680. The number of amides is 2. The van der Waals surface area contributed by atoms with Gasteiger partial charge >= 0.3 is 0 Å². The number of hydrogen-bond donors (Lipinski definition) is 2. The molecule has 0 saturated heterocycles. The molecule has 3 rings (SSSR count). The summed E-state index contributed by atoms with van der Waals surface area (Å²) in [5.74, 6) is -0.659. The lowest BCUT2D eigenvalue weighted by atomic mass is 10.1. The van der Waals surface area contributed by atoms with Gasteiger partial charge in [-0.3, -0.25) is 14.9 Å². The van der Waals surface area contributed by atoms with Gasteiger partial charge in [-0.2, -0.15) is 0 Å². The quantitative estimate of drug-likeness (QED) is 0.840. The molecule has 0 aliphatic carbocycles. The molecule has 2 aromatic carbocycles. The summed E-state index contributed by atoms with van der Waals surface area (Å²) in [5, 5.41) is 5.62. The number of fused-ring (bicyclic) bond motifs is 1. The Labute approximate surface area is 116 Å². The van der Waals surface area contributed by atoms with Crippen molar-refractivity contribution in [2.45, 2.75) is 13.0 Å². The zero-order chi connectivity index (χ0) is 14.1. The SMILES string of the molecule is CC(Nc1ccc2c(c1)C(=O)NC2=O)c1ccccc1. The lowest BCUT2D eigenvalue weighted by Crippen LogP contribution is -2.19. The minimum absolute atomic E-state index is 0.120. The van der Waals surface area contributed by atoms with Gasteiger partial charge in [0.1, 0.15) is 0 Å². The van der Waals surface area contributed by atoms with E-state index in [2.05, 4.69) is 10.6 Å². The third-order valence-electron chi connectivity index (χ3n) is 3.42. The molecule has 2 amide bonds. The second-order valence-corrected chi connectivity index (χ2v) is 4.82. The highest BCUT2D eigenvalue weighted by atomic mass is 16.2. The van der Waals surface area contributed by atoms with E-state index in [1.165, 1.54) is 0 Å². The highest BCUT2D eigenvalue weighted by molar-refractivity contribution is 6.21. The van der Waals surface area contributed by atoms with Gasteiger partial charge in [-0.05, 0) is 30.7 Å². The zero-order valence-corrected chi connectivity index (χ0v) is 11.0. The van der Waals surface area contributed by atoms with E-state index in [9.17, 15) is 9.59 Å². The van der Waals surface area contributed by atoms with E-state index >= 15 is 0 Å². The lowest BCUT2D eigenvalue weighted by molar-refractivity contribution is 0.0879. The highest BCUT2D eigenvalue weighted by Crippen LogP contribution is 2.23. The maximum atomic E-state index is 11.6. The number of carbonyl (C=O) groups is 2. The highest BCUT2D eigenvalue weighted by Gasteiger charge is 2.26. The minimum atomic E-state index is -0.332. The molecular weight excluding hydrogens is 252 g/mol. The zero-order valence-electron chi connectivity index (χ0n) is 11.0. The molecule has 0 spiro atoms. The summed E-state index contributed by atoms with van der Waals surface area (Å²) >= 11 is 0. The molecule has 20 heavy (non-hydrogen) atoms. The van der Waals surface area contributed by atoms with Crippen molar-refractivity contribution in [3.8, 4) is 0 Å². The average molecular weight is 266 g/mol. The third kappa shape index (κ3) is 2.16. The Balaban J connectivity index is 1.84. The fourth-order valence-electron chi connectivity index (χ4n) is 2.33. The first kappa shape index (κ1) is 12.4. The van der Waals surface area contributed by atoms with Gasteiger partial charge in [-0.25, -0.2) is 0 Å². The Morgan fingerprint density at radius 1 is 0.950 bits per heavy atom. The molecule has 2 N–H and O–H groups in total. The topological polar surface area (TPSA) is 58.2 Å².